The summed E-state index contributed by atoms with van der Waals surface area (Å²) in [6.07, 6.45) is 3.52. The van der Waals surface area contributed by atoms with E-state index in [2.05, 4.69) is 33.3 Å². The first-order chi connectivity index (χ1) is 10.0. The van der Waals surface area contributed by atoms with Crippen LogP contribution >= 0.6 is 15.9 Å². The maximum atomic E-state index is 14.0. The zero-order chi connectivity index (χ0) is 15.4. The molecular weight excluding hydrogens is 333 g/mol. The molecule has 114 valence electrons. The minimum absolute atomic E-state index is 0.0717. The number of aromatic nitrogens is 2. The smallest absolute Gasteiger partial charge is 0.126 e. The Labute approximate surface area is 133 Å². The highest BCUT2D eigenvalue weighted by atomic mass is 79.9. The molecule has 0 fully saturated rings. The van der Waals surface area contributed by atoms with E-state index < -0.39 is 0 Å². The van der Waals surface area contributed by atoms with E-state index in [1.54, 1.807) is 6.07 Å². The van der Waals surface area contributed by atoms with Crippen molar-refractivity contribution in [2.75, 3.05) is 6.54 Å². The first-order valence-corrected chi connectivity index (χ1v) is 7.98. The van der Waals surface area contributed by atoms with Crippen molar-refractivity contribution in [1.29, 1.82) is 0 Å². The normalized spacial score (nSPS) is 12.6. The quantitative estimate of drug-likeness (QED) is 0.852. The second-order valence-electron chi connectivity index (χ2n) is 5.26. The monoisotopic (exact) mass is 353 g/mol. The van der Waals surface area contributed by atoms with Crippen LogP contribution in [0.3, 0.4) is 0 Å². The molecule has 1 atom stereocenters. The van der Waals surface area contributed by atoms with Gasteiger partial charge in [-0.3, -0.25) is 4.68 Å². The average Bonchev–Trinajstić information content (AvgIpc) is 2.79. The molecular formula is C16H21BrFN3. The van der Waals surface area contributed by atoms with Crippen LogP contribution in [0.25, 0.3) is 0 Å². The molecule has 5 heteroatoms. The molecule has 0 radical (unpaired) electrons. The van der Waals surface area contributed by atoms with Crippen molar-refractivity contribution in [2.24, 2.45) is 7.05 Å². The molecule has 1 aromatic carbocycles. The van der Waals surface area contributed by atoms with Gasteiger partial charge in [-0.25, -0.2) is 4.39 Å². The number of hydrogen-bond donors (Lipinski definition) is 1. The molecule has 0 bridgehead atoms. The molecule has 2 aromatic rings. The van der Waals surface area contributed by atoms with Gasteiger partial charge in [0, 0.05) is 28.8 Å². The number of nitrogens with one attached hydrogen (secondary N) is 1. The van der Waals surface area contributed by atoms with Crippen molar-refractivity contribution in [2.45, 2.75) is 32.7 Å². The zero-order valence-corrected chi connectivity index (χ0v) is 14.2. The molecule has 0 saturated carbocycles. The fourth-order valence-corrected chi connectivity index (χ4v) is 2.80. The maximum Gasteiger partial charge on any atom is 0.126 e. The van der Waals surface area contributed by atoms with Crippen molar-refractivity contribution < 1.29 is 4.39 Å². The highest BCUT2D eigenvalue weighted by molar-refractivity contribution is 9.10. The Hall–Kier alpha value is -1.20. The lowest BCUT2D eigenvalue weighted by Crippen LogP contribution is -2.25. The van der Waals surface area contributed by atoms with Crippen molar-refractivity contribution in [3.8, 4) is 0 Å². The Morgan fingerprint density at radius 3 is 2.81 bits per heavy atom. The molecule has 0 aliphatic heterocycles. The summed E-state index contributed by atoms with van der Waals surface area (Å²) < 4.78 is 16.8. The second kappa shape index (κ2) is 7.18. The van der Waals surface area contributed by atoms with Gasteiger partial charge in [0.05, 0.1) is 6.20 Å². The second-order valence-corrected chi connectivity index (χ2v) is 6.17. The Morgan fingerprint density at radius 2 is 2.19 bits per heavy atom. The van der Waals surface area contributed by atoms with Crippen LogP contribution in [0.1, 0.15) is 36.2 Å². The molecule has 1 unspecified atom stereocenters. The minimum atomic E-state index is -0.164. The van der Waals surface area contributed by atoms with Crippen LogP contribution in [0.5, 0.6) is 0 Å². The van der Waals surface area contributed by atoms with E-state index in [4.69, 9.17) is 0 Å². The molecule has 0 spiro atoms. The van der Waals surface area contributed by atoms with Gasteiger partial charge in [-0.2, -0.15) is 5.10 Å². The summed E-state index contributed by atoms with van der Waals surface area (Å²) in [5, 5.41) is 7.80. The fourth-order valence-electron chi connectivity index (χ4n) is 2.39. The largest absolute Gasteiger partial charge is 0.310 e. The maximum absolute atomic E-state index is 14.0. The van der Waals surface area contributed by atoms with Gasteiger partial charge in [-0.15, -0.1) is 0 Å². The highest BCUT2D eigenvalue weighted by Crippen LogP contribution is 2.24. The lowest BCUT2D eigenvalue weighted by molar-refractivity contribution is 0.510. The lowest BCUT2D eigenvalue weighted by Gasteiger charge is -2.19. The predicted molar refractivity (Wildman–Crippen MR) is 86.8 cm³/mol. The summed E-state index contributed by atoms with van der Waals surface area (Å²) in [7, 11) is 1.93. The molecule has 0 amide bonds. The van der Waals surface area contributed by atoms with Gasteiger partial charge in [-0.05, 0) is 50.1 Å². The number of halogens is 2. The van der Waals surface area contributed by atoms with Crippen LogP contribution in [-0.2, 0) is 13.5 Å². The van der Waals surface area contributed by atoms with Crippen LogP contribution in [0.15, 0.2) is 28.9 Å². The SMILES string of the molecule is CCCNC(Cc1cc(Br)ccc1F)c1cnn(C)c1C. The van der Waals surface area contributed by atoms with E-state index in [9.17, 15) is 4.39 Å². The third-order valence-electron chi connectivity index (χ3n) is 3.72. The number of hydrogen-bond acceptors (Lipinski definition) is 2. The van der Waals surface area contributed by atoms with E-state index >= 15 is 0 Å². The average molecular weight is 354 g/mol. The van der Waals surface area contributed by atoms with Crippen molar-refractivity contribution in [3.05, 3.63) is 51.5 Å². The third-order valence-corrected chi connectivity index (χ3v) is 4.21. The number of nitrogens with zero attached hydrogens (tertiary/aromatic N) is 2. The zero-order valence-electron chi connectivity index (χ0n) is 12.7. The van der Waals surface area contributed by atoms with E-state index in [1.165, 1.54) is 6.07 Å². The number of benzene rings is 1. The van der Waals surface area contributed by atoms with E-state index in [-0.39, 0.29) is 11.9 Å². The molecule has 0 aliphatic rings. The summed E-state index contributed by atoms with van der Waals surface area (Å²) in [4.78, 5) is 0. The lowest BCUT2D eigenvalue weighted by atomic mass is 9.99. The first kappa shape index (κ1) is 16.2. The molecule has 1 aromatic heterocycles. The minimum Gasteiger partial charge on any atom is -0.310 e. The fraction of sp³-hybridized carbons (Fsp3) is 0.438. The van der Waals surface area contributed by atoms with E-state index in [0.29, 0.717) is 12.0 Å². The molecule has 2 rings (SSSR count). The summed E-state index contributed by atoms with van der Waals surface area (Å²) in [6.45, 7) is 5.06. The molecule has 3 nitrogen and oxygen atoms in total. The van der Waals surface area contributed by atoms with Gasteiger partial charge in [0.1, 0.15) is 5.82 Å². The van der Waals surface area contributed by atoms with Gasteiger partial charge in [0.25, 0.3) is 0 Å². The Balaban J connectivity index is 2.28. The van der Waals surface area contributed by atoms with E-state index in [0.717, 1.165) is 28.7 Å². The van der Waals surface area contributed by atoms with E-state index in [1.807, 2.05) is 30.9 Å². The first-order valence-electron chi connectivity index (χ1n) is 7.18. The van der Waals surface area contributed by atoms with Gasteiger partial charge >= 0.3 is 0 Å². The van der Waals surface area contributed by atoms with Crippen molar-refractivity contribution in [1.82, 2.24) is 15.1 Å². The van der Waals surface area contributed by atoms with Gasteiger partial charge < -0.3 is 5.32 Å². The molecule has 0 aliphatic carbocycles. The van der Waals surface area contributed by atoms with Gasteiger partial charge in [-0.1, -0.05) is 22.9 Å². The summed E-state index contributed by atoms with van der Waals surface area (Å²) in [5.41, 5.74) is 2.95. The Kier molecular flexibility index (Phi) is 5.53. The molecule has 0 saturated heterocycles. The van der Waals surface area contributed by atoms with Crippen molar-refractivity contribution in [3.63, 3.8) is 0 Å². The van der Waals surface area contributed by atoms with Gasteiger partial charge in [0.2, 0.25) is 0 Å². The topological polar surface area (TPSA) is 29.9 Å². The van der Waals surface area contributed by atoms with Crippen LogP contribution in [0.2, 0.25) is 0 Å². The number of rotatable bonds is 6. The highest BCUT2D eigenvalue weighted by Gasteiger charge is 2.18. The van der Waals surface area contributed by atoms with Gasteiger partial charge in [0.15, 0.2) is 0 Å². The van der Waals surface area contributed by atoms with Crippen LogP contribution in [0.4, 0.5) is 4.39 Å². The standard InChI is InChI=1S/C16H21BrFN3/c1-4-7-19-16(14-10-20-21(3)11(14)2)9-12-8-13(17)5-6-15(12)18/h5-6,8,10,16,19H,4,7,9H2,1-3H3. The van der Waals surface area contributed by atoms with Crippen LogP contribution in [0, 0.1) is 12.7 Å². The predicted octanol–water partition coefficient (Wildman–Crippen LogP) is 3.91. The Morgan fingerprint density at radius 1 is 1.43 bits per heavy atom. The Bertz CT molecular complexity index is 610. The summed E-state index contributed by atoms with van der Waals surface area (Å²) in [5.74, 6) is -0.164. The number of aryl methyl sites for hydroxylation is 1. The molecule has 21 heavy (non-hydrogen) atoms. The van der Waals surface area contributed by atoms with Crippen molar-refractivity contribution >= 4 is 15.9 Å². The molecule has 1 N–H and O–H groups in total. The summed E-state index contributed by atoms with van der Waals surface area (Å²) in [6, 6.07) is 5.15. The molecule has 1 heterocycles. The third kappa shape index (κ3) is 3.92. The van der Waals surface area contributed by atoms with Crippen LogP contribution in [-0.4, -0.2) is 16.3 Å². The summed E-state index contributed by atoms with van der Waals surface area (Å²) >= 11 is 3.41. The van der Waals surface area contributed by atoms with Crippen LogP contribution < -0.4 is 5.32 Å².